The minimum Gasteiger partial charge on any atom is -0.352 e. The number of halogens is 2. The smallest absolute Gasteiger partial charge is 0.253 e. The molecule has 4 nitrogen and oxygen atoms in total. The third-order valence-electron chi connectivity index (χ3n) is 2.84. The summed E-state index contributed by atoms with van der Waals surface area (Å²) < 4.78 is 0. The zero-order chi connectivity index (χ0) is 16.7. The number of carbonyl (C=O) groups excluding carboxylic acids is 2. The molecule has 1 unspecified atom stereocenters. The zero-order valence-corrected chi connectivity index (χ0v) is 15.1. The van der Waals surface area contributed by atoms with Crippen molar-refractivity contribution in [2.24, 2.45) is 0 Å². The zero-order valence-electron chi connectivity index (χ0n) is 12.8. The number of thioether (sulfide) groups is 1. The Bertz CT molecular complexity index is 538. The predicted molar refractivity (Wildman–Crippen MR) is 94.0 cm³/mol. The summed E-state index contributed by atoms with van der Waals surface area (Å²) in [6.07, 6.45) is 2.51. The Hall–Kier alpha value is -0.910. The maximum Gasteiger partial charge on any atom is 0.253 e. The maximum absolute atomic E-state index is 12.3. The molecule has 2 N–H and O–H groups in total. The molecule has 1 aromatic rings. The van der Waals surface area contributed by atoms with E-state index in [-0.39, 0.29) is 22.9 Å². The van der Waals surface area contributed by atoms with Gasteiger partial charge in [-0.25, -0.2) is 0 Å². The Labute approximate surface area is 145 Å². The molecule has 7 heteroatoms. The van der Waals surface area contributed by atoms with Gasteiger partial charge in [0.05, 0.1) is 10.6 Å². The molecule has 1 atom stereocenters. The summed E-state index contributed by atoms with van der Waals surface area (Å²) in [5.74, 6) is 0.194. The number of carbonyl (C=O) groups is 2. The average Bonchev–Trinajstić information content (AvgIpc) is 2.42. The molecule has 22 heavy (non-hydrogen) atoms. The molecule has 122 valence electrons. The fraction of sp³-hybridized carbons (Fsp3) is 0.467. The summed E-state index contributed by atoms with van der Waals surface area (Å²) >= 11 is 13.5. The van der Waals surface area contributed by atoms with E-state index < -0.39 is 6.04 Å². The van der Waals surface area contributed by atoms with Crippen molar-refractivity contribution in [2.45, 2.75) is 32.4 Å². The number of hydrogen-bond acceptors (Lipinski definition) is 3. The molecule has 0 saturated heterocycles. The van der Waals surface area contributed by atoms with Crippen molar-refractivity contribution in [1.29, 1.82) is 0 Å². The van der Waals surface area contributed by atoms with Crippen LogP contribution in [0.5, 0.6) is 0 Å². The van der Waals surface area contributed by atoms with Crippen LogP contribution in [0.1, 0.15) is 30.6 Å². The van der Waals surface area contributed by atoms with Crippen molar-refractivity contribution >= 4 is 46.8 Å². The molecule has 0 aliphatic heterocycles. The van der Waals surface area contributed by atoms with E-state index in [0.717, 1.165) is 5.75 Å². The van der Waals surface area contributed by atoms with Crippen LogP contribution in [0.15, 0.2) is 18.2 Å². The molecule has 0 radical (unpaired) electrons. The lowest BCUT2D eigenvalue weighted by molar-refractivity contribution is -0.123. The molecule has 0 saturated carbocycles. The second kappa shape index (κ2) is 9.28. The molecule has 0 heterocycles. The van der Waals surface area contributed by atoms with Gasteiger partial charge >= 0.3 is 0 Å². The minimum atomic E-state index is -0.589. The number of benzene rings is 1. The van der Waals surface area contributed by atoms with Gasteiger partial charge in [0, 0.05) is 11.1 Å². The second-order valence-corrected chi connectivity index (χ2v) is 6.92. The van der Waals surface area contributed by atoms with E-state index in [2.05, 4.69) is 10.6 Å². The first kappa shape index (κ1) is 19.1. The van der Waals surface area contributed by atoms with Crippen LogP contribution in [0.4, 0.5) is 0 Å². The lowest BCUT2D eigenvalue weighted by Gasteiger charge is -2.20. The maximum atomic E-state index is 12.3. The Kier molecular flexibility index (Phi) is 8.07. The molecule has 2 amide bonds. The fourth-order valence-corrected chi connectivity index (χ4v) is 2.76. The topological polar surface area (TPSA) is 58.2 Å². The summed E-state index contributed by atoms with van der Waals surface area (Å²) in [6.45, 7) is 3.75. The van der Waals surface area contributed by atoms with Crippen molar-refractivity contribution < 1.29 is 9.59 Å². The van der Waals surface area contributed by atoms with Crippen LogP contribution in [0.25, 0.3) is 0 Å². The summed E-state index contributed by atoms with van der Waals surface area (Å²) in [7, 11) is 0. The molecule has 0 aromatic heterocycles. The van der Waals surface area contributed by atoms with Gasteiger partial charge in [-0.2, -0.15) is 11.8 Å². The van der Waals surface area contributed by atoms with E-state index >= 15 is 0 Å². The average molecular weight is 363 g/mol. The summed E-state index contributed by atoms with van der Waals surface area (Å²) in [6, 6.07) is 4.07. The first-order chi connectivity index (χ1) is 10.3. The van der Waals surface area contributed by atoms with Gasteiger partial charge in [-0.3, -0.25) is 9.59 Å². The van der Waals surface area contributed by atoms with Crippen LogP contribution in [0.2, 0.25) is 10.0 Å². The van der Waals surface area contributed by atoms with Crippen molar-refractivity contribution in [3.63, 3.8) is 0 Å². The molecule has 0 aliphatic carbocycles. The Morgan fingerprint density at radius 1 is 1.23 bits per heavy atom. The van der Waals surface area contributed by atoms with Gasteiger partial charge in [0.25, 0.3) is 5.91 Å². The highest BCUT2D eigenvalue weighted by Gasteiger charge is 2.22. The second-order valence-electron chi connectivity index (χ2n) is 5.09. The van der Waals surface area contributed by atoms with E-state index in [1.807, 2.05) is 20.1 Å². The Morgan fingerprint density at radius 2 is 1.91 bits per heavy atom. The van der Waals surface area contributed by atoms with Gasteiger partial charge in [0.15, 0.2) is 0 Å². The first-order valence-electron chi connectivity index (χ1n) is 6.90. The Morgan fingerprint density at radius 3 is 2.45 bits per heavy atom. The van der Waals surface area contributed by atoms with Gasteiger partial charge in [0.1, 0.15) is 6.04 Å². The monoisotopic (exact) mass is 362 g/mol. The van der Waals surface area contributed by atoms with Gasteiger partial charge in [-0.15, -0.1) is 0 Å². The normalized spacial score (nSPS) is 12.1. The van der Waals surface area contributed by atoms with Gasteiger partial charge in [-0.05, 0) is 50.5 Å². The highest BCUT2D eigenvalue weighted by Crippen LogP contribution is 2.21. The molecule has 0 spiro atoms. The highest BCUT2D eigenvalue weighted by molar-refractivity contribution is 7.98. The van der Waals surface area contributed by atoms with Crippen molar-refractivity contribution in [1.82, 2.24) is 10.6 Å². The van der Waals surface area contributed by atoms with Crippen molar-refractivity contribution in [3.8, 4) is 0 Å². The highest BCUT2D eigenvalue weighted by atomic mass is 35.5. The van der Waals surface area contributed by atoms with E-state index in [1.165, 1.54) is 6.07 Å². The summed E-state index contributed by atoms with van der Waals surface area (Å²) in [4.78, 5) is 24.5. The number of nitrogens with one attached hydrogen (secondary N) is 2. The first-order valence-corrected chi connectivity index (χ1v) is 9.05. The molecule has 0 aliphatic rings. The number of hydrogen-bond donors (Lipinski definition) is 2. The van der Waals surface area contributed by atoms with Crippen LogP contribution in [-0.4, -0.2) is 35.9 Å². The summed E-state index contributed by atoms with van der Waals surface area (Å²) in [5, 5.41) is 6.28. The summed E-state index contributed by atoms with van der Waals surface area (Å²) in [5.41, 5.74) is 0.303. The Balaban J connectivity index is 2.83. The largest absolute Gasteiger partial charge is 0.352 e. The quantitative estimate of drug-likeness (QED) is 0.781. The SMILES string of the molecule is CSCCC(NC(=O)c1ccc(Cl)cc1Cl)C(=O)NC(C)C. The van der Waals surface area contributed by atoms with Gasteiger partial charge < -0.3 is 10.6 Å². The molecule has 0 bridgehead atoms. The number of rotatable bonds is 7. The van der Waals surface area contributed by atoms with Crippen molar-refractivity contribution in [3.05, 3.63) is 33.8 Å². The van der Waals surface area contributed by atoms with Crippen LogP contribution in [0.3, 0.4) is 0 Å². The fourth-order valence-electron chi connectivity index (χ4n) is 1.80. The minimum absolute atomic E-state index is 0.0142. The van der Waals surface area contributed by atoms with Crippen LogP contribution < -0.4 is 10.6 Å². The third kappa shape index (κ3) is 6.07. The third-order valence-corrected chi connectivity index (χ3v) is 4.03. The standard InChI is InChI=1S/C15H20Cl2N2O2S/c1-9(2)18-15(21)13(6-7-22-3)19-14(20)11-5-4-10(16)8-12(11)17/h4-5,8-9,13H,6-7H2,1-3H3,(H,18,21)(H,19,20). The molecular weight excluding hydrogens is 343 g/mol. The predicted octanol–water partition coefficient (Wildman–Crippen LogP) is 3.37. The van der Waals surface area contributed by atoms with Crippen LogP contribution >= 0.6 is 35.0 Å². The van der Waals surface area contributed by atoms with E-state index in [1.54, 1.807) is 23.9 Å². The van der Waals surface area contributed by atoms with E-state index in [9.17, 15) is 9.59 Å². The molecule has 0 fully saturated rings. The molecule has 1 rings (SSSR count). The van der Waals surface area contributed by atoms with Gasteiger partial charge in [-0.1, -0.05) is 23.2 Å². The van der Waals surface area contributed by atoms with Crippen molar-refractivity contribution in [2.75, 3.05) is 12.0 Å². The molecular formula is C15H20Cl2N2O2S. The van der Waals surface area contributed by atoms with E-state index in [4.69, 9.17) is 23.2 Å². The van der Waals surface area contributed by atoms with Crippen LogP contribution in [0, 0.1) is 0 Å². The van der Waals surface area contributed by atoms with Crippen LogP contribution in [-0.2, 0) is 4.79 Å². The lowest BCUT2D eigenvalue weighted by atomic mass is 10.1. The van der Waals surface area contributed by atoms with E-state index in [0.29, 0.717) is 17.0 Å². The molecule has 1 aromatic carbocycles. The lowest BCUT2D eigenvalue weighted by Crippen LogP contribution is -2.48. The number of amides is 2. The van der Waals surface area contributed by atoms with Gasteiger partial charge in [0.2, 0.25) is 5.91 Å².